The Morgan fingerprint density at radius 1 is 1.08 bits per heavy atom. The molecule has 0 spiro atoms. The van der Waals surface area contributed by atoms with Crippen molar-refractivity contribution in [3.8, 4) is 5.88 Å². The molecule has 1 aromatic heterocycles. The van der Waals surface area contributed by atoms with Crippen LogP contribution in [0, 0.1) is 5.82 Å². The molecule has 2 aromatic carbocycles. The first kappa shape index (κ1) is 26.8. The number of hydrogen-bond acceptors (Lipinski definition) is 6. The molecule has 1 aliphatic rings. The molecular weight excluding hydrogens is 493 g/mol. The van der Waals surface area contributed by atoms with E-state index in [1.807, 2.05) is 6.07 Å². The quantitative estimate of drug-likeness (QED) is 0.406. The van der Waals surface area contributed by atoms with Gasteiger partial charge in [0.05, 0.1) is 10.5 Å². The second-order valence-electron chi connectivity index (χ2n) is 9.28. The van der Waals surface area contributed by atoms with Gasteiger partial charge in [0.25, 0.3) is 5.91 Å². The van der Waals surface area contributed by atoms with Gasteiger partial charge in [-0.25, -0.2) is 17.8 Å². The zero-order valence-corrected chi connectivity index (χ0v) is 21.7. The van der Waals surface area contributed by atoms with Crippen LogP contribution < -0.4 is 10.1 Å². The highest BCUT2D eigenvalue weighted by atomic mass is 32.2. The van der Waals surface area contributed by atoms with Crippen molar-refractivity contribution in [1.29, 1.82) is 0 Å². The van der Waals surface area contributed by atoms with Crippen LogP contribution in [0.5, 0.6) is 5.88 Å². The Morgan fingerprint density at radius 2 is 1.84 bits per heavy atom. The minimum absolute atomic E-state index is 0.218. The zero-order chi connectivity index (χ0) is 26.3. The van der Waals surface area contributed by atoms with E-state index < -0.39 is 9.84 Å². The maximum absolute atomic E-state index is 13.5. The predicted octanol–water partition coefficient (Wildman–Crippen LogP) is 4.05. The Balaban J connectivity index is 1.36. The maximum Gasteiger partial charge on any atom is 0.252 e. The zero-order valence-electron chi connectivity index (χ0n) is 20.9. The lowest BCUT2D eigenvalue weighted by molar-refractivity contribution is 0.0952. The number of sulfone groups is 1. The van der Waals surface area contributed by atoms with E-state index in [9.17, 15) is 17.6 Å². The first-order valence-corrected chi connectivity index (χ1v) is 14.3. The fourth-order valence-corrected chi connectivity index (χ4v) is 5.18. The van der Waals surface area contributed by atoms with Gasteiger partial charge in [-0.1, -0.05) is 24.3 Å². The summed E-state index contributed by atoms with van der Waals surface area (Å²) in [5.74, 6) is -0.361. The first-order chi connectivity index (χ1) is 17.8. The van der Waals surface area contributed by atoms with Crippen molar-refractivity contribution in [1.82, 2.24) is 15.2 Å². The van der Waals surface area contributed by atoms with Crippen LogP contribution >= 0.6 is 0 Å². The molecule has 196 valence electrons. The van der Waals surface area contributed by atoms with E-state index in [4.69, 9.17) is 4.74 Å². The third-order valence-electron chi connectivity index (χ3n) is 6.53. The Morgan fingerprint density at radius 3 is 2.51 bits per heavy atom. The number of nitrogens with one attached hydrogen (secondary N) is 1. The van der Waals surface area contributed by atoms with E-state index in [0.29, 0.717) is 31.0 Å². The van der Waals surface area contributed by atoms with E-state index in [1.165, 1.54) is 31.2 Å². The summed E-state index contributed by atoms with van der Waals surface area (Å²) >= 11 is 0. The summed E-state index contributed by atoms with van der Waals surface area (Å²) in [6, 6.07) is 16.2. The second-order valence-corrected chi connectivity index (χ2v) is 11.3. The number of ether oxygens (including phenoxy) is 1. The topological polar surface area (TPSA) is 88.6 Å². The Kier molecular flexibility index (Phi) is 8.89. The largest absolute Gasteiger partial charge is 0.476 e. The van der Waals surface area contributed by atoms with Crippen molar-refractivity contribution >= 4 is 15.7 Å². The summed E-state index contributed by atoms with van der Waals surface area (Å²) in [6.45, 7) is 3.98. The molecule has 2 heterocycles. The summed E-state index contributed by atoms with van der Waals surface area (Å²) < 4.78 is 43.4. The molecule has 1 saturated heterocycles. The van der Waals surface area contributed by atoms with Crippen molar-refractivity contribution in [2.45, 2.75) is 30.1 Å². The normalized spacial score (nSPS) is 14.9. The summed E-state index contributed by atoms with van der Waals surface area (Å²) in [5.41, 5.74) is 2.03. The Hall–Kier alpha value is -3.30. The van der Waals surface area contributed by atoms with Gasteiger partial charge >= 0.3 is 0 Å². The average Bonchev–Trinajstić information content (AvgIpc) is 3.41. The molecule has 0 aliphatic carbocycles. The van der Waals surface area contributed by atoms with Gasteiger partial charge in [0.1, 0.15) is 12.4 Å². The minimum Gasteiger partial charge on any atom is -0.476 e. The molecule has 1 atom stereocenters. The van der Waals surface area contributed by atoms with Crippen LogP contribution in [0.15, 0.2) is 71.8 Å². The number of nitrogens with zero attached hydrogens (tertiary/aromatic N) is 2. The average molecular weight is 526 g/mol. The number of carbonyl (C=O) groups is 1. The molecule has 1 unspecified atom stereocenters. The fourth-order valence-electron chi connectivity index (χ4n) is 4.50. The van der Waals surface area contributed by atoms with Gasteiger partial charge in [0.15, 0.2) is 9.84 Å². The van der Waals surface area contributed by atoms with E-state index in [0.717, 1.165) is 37.0 Å². The maximum atomic E-state index is 13.5. The van der Waals surface area contributed by atoms with Crippen molar-refractivity contribution in [3.05, 3.63) is 89.4 Å². The van der Waals surface area contributed by atoms with E-state index in [-0.39, 0.29) is 22.5 Å². The fraction of sp³-hybridized carbons (Fsp3) is 0.357. The van der Waals surface area contributed by atoms with Crippen LogP contribution in [0.3, 0.4) is 0 Å². The minimum atomic E-state index is -3.38. The van der Waals surface area contributed by atoms with Gasteiger partial charge in [-0.05, 0) is 73.8 Å². The van der Waals surface area contributed by atoms with E-state index in [1.54, 1.807) is 42.5 Å². The third kappa shape index (κ3) is 7.60. The first-order valence-electron chi connectivity index (χ1n) is 12.4. The smallest absolute Gasteiger partial charge is 0.252 e. The van der Waals surface area contributed by atoms with Gasteiger partial charge in [-0.3, -0.25) is 9.69 Å². The number of rotatable bonds is 11. The lowest BCUT2D eigenvalue weighted by Gasteiger charge is -2.19. The van der Waals surface area contributed by atoms with Crippen LogP contribution in [0.4, 0.5) is 4.39 Å². The molecular formula is C28H32FN3O4S. The lowest BCUT2D eigenvalue weighted by atomic mass is 9.88. The lowest BCUT2D eigenvalue weighted by Crippen LogP contribution is -2.26. The van der Waals surface area contributed by atoms with E-state index in [2.05, 4.69) is 15.2 Å². The molecule has 37 heavy (non-hydrogen) atoms. The van der Waals surface area contributed by atoms with Gasteiger partial charge in [-0.2, -0.15) is 0 Å². The number of aromatic nitrogens is 1. The molecule has 1 fully saturated rings. The van der Waals surface area contributed by atoms with Crippen molar-refractivity contribution < 1.29 is 22.3 Å². The molecule has 0 saturated carbocycles. The number of hydrogen-bond donors (Lipinski definition) is 1. The SMILES string of the molecule is CS(=O)(=O)c1cccc(C(CCNC(=O)c2ccc(OCCN3CCCC3)nc2)c2ccc(F)cc2)c1. The molecule has 7 nitrogen and oxygen atoms in total. The molecule has 1 aliphatic heterocycles. The number of amides is 1. The number of pyridine rings is 1. The standard InChI is InChI=1S/C28H32FN3O4S/c1-37(34,35)25-6-4-5-22(19-25)26(21-7-10-24(29)11-8-21)13-14-30-28(33)23-9-12-27(31-20-23)36-18-17-32-15-2-3-16-32/h4-12,19-20,26H,2-3,13-18H2,1H3,(H,30,33). The van der Waals surface area contributed by atoms with Crippen LogP contribution in [-0.4, -0.2) is 63.3 Å². The van der Waals surface area contributed by atoms with Crippen molar-refractivity contribution in [2.24, 2.45) is 0 Å². The summed E-state index contributed by atoms with van der Waals surface area (Å²) in [4.78, 5) is 19.5. The van der Waals surface area contributed by atoms with E-state index >= 15 is 0 Å². The number of halogens is 1. The second kappa shape index (κ2) is 12.3. The van der Waals surface area contributed by atoms with Gasteiger partial charge in [0.2, 0.25) is 5.88 Å². The molecule has 1 amide bonds. The van der Waals surface area contributed by atoms with Gasteiger partial charge in [-0.15, -0.1) is 0 Å². The third-order valence-corrected chi connectivity index (χ3v) is 7.64. The number of benzene rings is 2. The van der Waals surface area contributed by atoms with Crippen LogP contribution in [0.25, 0.3) is 0 Å². The predicted molar refractivity (Wildman–Crippen MR) is 140 cm³/mol. The highest BCUT2D eigenvalue weighted by Gasteiger charge is 2.18. The van der Waals surface area contributed by atoms with Crippen molar-refractivity contribution in [2.75, 3.05) is 39.0 Å². The monoisotopic (exact) mass is 525 g/mol. The Bertz CT molecular complexity index is 1290. The summed E-state index contributed by atoms with van der Waals surface area (Å²) in [7, 11) is -3.38. The molecule has 9 heteroatoms. The molecule has 0 bridgehead atoms. The van der Waals surface area contributed by atoms with Crippen LogP contribution in [0.1, 0.15) is 46.7 Å². The van der Waals surface area contributed by atoms with Crippen LogP contribution in [-0.2, 0) is 9.84 Å². The highest BCUT2D eigenvalue weighted by Crippen LogP contribution is 2.29. The highest BCUT2D eigenvalue weighted by molar-refractivity contribution is 7.90. The summed E-state index contributed by atoms with van der Waals surface area (Å²) in [6.07, 6.45) is 5.62. The van der Waals surface area contributed by atoms with Gasteiger partial charge in [0, 0.05) is 37.5 Å². The number of likely N-dealkylation sites (tertiary alicyclic amines) is 1. The Labute approximate surface area is 217 Å². The number of carbonyl (C=O) groups excluding carboxylic acids is 1. The molecule has 3 aromatic rings. The molecule has 4 rings (SSSR count). The summed E-state index contributed by atoms with van der Waals surface area (Å²) in [5, 5.41) is 2.91. The van der Waals surface area contributed by atoms with Crippen molar-refractivity contribution in [3.63, 3.8) is 0 Å². The van der Waals surface area contributed by atoms with Gasteiger partial charge < -0.3 is 10.1 Å². The molecule has 1 N–H and O–H groups in total. The van der Waals surface area contributed by atoms with Crippen LogP contribution in [0.2, 0.25) is 0 Å². The molecule has 0 radical (unpaired) electrons.